The van der Waals surface area contributed by atoms with Crippen molar-refractivity contribution in [1.29, 1.82) is 0 Å². The van der Waals surface area contributed by atoms with E-state index in [2.05, 4.69) is 15.9 Å². The minimum absolute atomic E-state index is 0.0568. The molecule has 82 valence electrons. The number of nitrogens with two attached hydrogens (primary N) is 1. The van der Waals surface area contributed by atoms with Crippen LogP contribution in [0.2, 0.25) is 0 Å². The van der Waals surface area contributed by atoms with Gasteiger partial charge in [-0.3, -0.25) is 0 Å². The summed E-state index contributed by atoms with van der Waals surface area (Å²) < 4.78 is 19.7. The van der Waals surface area contributed by atoms with Gasteiger partial charge in [-0.2, -0.15) is 0 Å². The summed E-state index contributed by atoms with van der Waals surface area (Å²) in [7, 11) is 0. The fourth-order valence-electron chi connectivity index (χ4n) is 1.82. The van der Waals surface area contributed by atoms with Gasteiger partial charge in [0.1, 0.15) is 11.9 Å². The lowest BCUT2D eigenvalue weighted by Crippen LogP contribution is -2.17. The molecule has 0 spiro atoms. The average Bonchev–Trinajstić information content (AvgIpc) is 2.65. The van der Waals surface area contributed by atoms with Gasteiger partial charge in [-0.15, -0.1) is 0 Å². The highest BCUT2D eigenvalue weighted by molar-refractivity contribution is 9.10. The third kappa shape index (κ3) is 2.32. The highest BCUT2D eigenvalue weighted by atomic mass is 79.9. The molecule has 1 aliphatic heterocycles. The van der Waals surface area contributed by atoms with Crippen molar-refractivity contribution in [2.45, 2.75) is 19.0 Å². The Bertz CT molecular complexity index is 370. The number of hydrogen-bond donors (Lipinski definition) is 1. The second-order valence-corrected chi connectivity index (χ2v) is 4.60. The minimum atomic E-state index is -0.993. The van der Waals surface area contributed by atoms with Crippen LogP contribution in [-0.2, 0) is 12.8 Å². The smallest absolute Gasteiger partial charge is 0.125 e. The van der Waals surface area contributed by atoms with Gasteiger partial charge in [-0.25, -0.2) is 4.39 Å². The molecule has 1 atom stereocenters. The zero-order chi connectivity index (χ0) is 10.8. The van der Waals surface area contributed by atoms with Crippen LogP contribution in [-0.4, -0.2) is 19.3 Å². The standard InChI is InChI=1S/C11H13BrFNO/c12-9-3-7-1-2-15-11(7)8(4-9)5-10(13)6-14/h3-4,10H,1-2,5-6,14H2. The summed E-state index contributed by atoms with van der Waals surface area (Å²) in [6.45, 7) is 0.750. The molecule has 1 aromatic carbocycles. The monoisotopic (exact) mass is 273 g/mol. The third-order valence-electron chi connectivity index (χ3n) is 2.52. The zero-order valence-electron chi connectivity index (χ0n) is 8.30. The van der Waals surface area contributed by atoms with Crippen LogP contribution in [0, 0.1) is 0 Å². The van der Waals surface area contributed by atoms with Crippen molar-refractivity contribution < 1.29 is 9.13 Å². The predicted molar refractivity (Wildman–Crippen MR) is 61.0 cm³/mol. The molecule has 0 aromatic heterocycles. The lowest BCUT2D eigenvalue weighted by atomic mass is 10.0. The molecule has 0 radical (unpaired) electrons. The maximum atomic E-state index is 13.2. The molecule has 0 saturated heterocycles. The van der Waals surface area contributed by atoms with Crippen molar-refractivity contribution >= 4 is 15.9 Å². The van der Waals surface area contributed by atoms with Crippen LogP contribution < -0.4 is 10.5 Å². The maximum Gasteiger partial charge on any atom is 0.125 e. The van der Waals surface area contributed by atoms with Crippen LogP contribution in [0.1, 0.15) is 11.1 Å². The highest BCUT2D eigenvalue weighted by Gasteiger charge is 2.19. The summed E-state index contributed by atoms with van der Waals surface area (Å²) in [5.41, 5.74) is 7.34. The Kier molecular flexibility index (Phi) is 3.26. The summed E-state index contributed by atoms with van der Waals surface area (Å²) >= 11 is 3.42. The Hall–Kier alpha value is -0.610. The molecule has 4 heteroatoms. The Balaban J connectivity index is 2.30. The van der Waals surface area contributed by atoms with E-state index < -0.39 is 6.17 Å². The van der Waals surface area contributed by atoms with Gasteiger partial charge in [-0.1, -0.05) is 15.9 Å². The molecule has 0 fully saturated rings. The zero-order valence-corrected chi connectivity index (χ0v) is 9.89. The predicted octanol–water partition coefficient (Wildman–Crippen LogP) is 2.22. The van der Waals surface area contributed by atoms with E-state index in [0.29, 0.717) is 13.0 Å². The first-order valence-electron chi connectivity index (χ1n) is 4.99. The summed E-state index contributed by atoms with van der Waals surface area (Å²) in [5, 5.41) is 0. The molecule has 0 amide bonds. The molecule has 0 saturated carbocycles. The van der Waals surface area contributed by atoms with Crippen LogP contribution in [0.25, 0.3) is 0 Å². The first-order chi connectivity index (χ1) is 7.20. The Morgan fingerprint density at radius 1 is 1.53 bits per heavy atom. The van der Waals surface area contributed by atoms with E-state index in [1.54, 1.807) is 0 Å². The van der Waals surface area contributed by atoms with Crippen molar-refractivity contribution in [3.63, 3.8) is 0 Å². The van der Waals surface area contributed by atoms with Crippen molar-refractivity contribution in [3.05, 3.63) is 27.7 Å². The van der Waals surface area contributed by atoms with Gasteiger partial charge in [0.15, 0.2) is 0 Å². The fraction of sp³-hybridized carbons (Fsp3) is 0.455. The molecular formula is C11H13BrFNO. The van der Waals surface area contributed by atoms with Crippen LogP contribution in [0.5, 0.6) is 5.75 Å². The number of rotatable bonds is 3. The lowest BCUT2D eigenvalue weighted by molar-refractivity contribution is 0.325. The average molecular weight is 274 g/mol. The Morgan fingerprint density at radius 3 is 3.07 bits per heavy atom. The normalized spacial score (nSPS) is 15.9. The van der Waals surface area contributed by atoms with Gasteiger partial charge in [0, 0.05) is 23.9 Å². The lowest BCUT2D eigenvalue weighted by Gasteiger charge is -2.10. The summed E-state index contributed by atoms with van der Waals surface area (Å²) in [4.78, 5) is 0. The van der Waals surface area contributed by atoms with Crippen molar-refractivity contribution in [3.8, 4) is 5.75 Å². The number of hydrogen-bond acceptors (Lipinski definition) is 2. The molecular weight excluding hydrogens is 261 g/mol. The molecule has 1 unspecified atom stereocenters. The van der Waals surface area contributed by atoms with Crippen LogP contribution in [0.15, 0.2) is 16.6 Å². The molecule has 2 rings (SSSR count). The minimum Gasteiger partial charge on any atom is -0.493 e. The number of ether oxygens (including phenoxy) is 1. The molecule has 0 aliphatic carbocycles. The van der Waals surface area contributed by atoms with E-state index in [1.165, 1.54) is 0 Å². The molecule has 0 bridgehead atoms. The van der Waals surface area contributed by atoms with E-state index in [4.69, 9.17) is 10.5 Å². The number of halogens is 2. The van der Waals surface area contributed by atoms with Crippen LogP contribution >= 0.6 is 15.9 Å². The largest absolute Gasteiger partial charge is 0.493 e. The SMILES string of the molecule is NCC(F)Cc1cc(Br)cc2c1OCC2. The van der Waals surface area contributed by atoms with Gasteiger partial charge in [-0.05, 0) is 23.3 Å². The van der Waals surface area contributed by atoms with Gasteiger partial charge in [0.25, 0.3) is 0 Å². The van der Waals surface area contributed by atoms with Gasteiger partial charge in [0.05, 0.1) is 6.61 Å². The Morgan fingerprint density at radius 2 is 2.33 bits per heavy atom. The first kappa shape index (κ1) is 10.9. The quantitative estimate of drug-likeness (QED) is 0.917. The molecule has 15 heavy (non-hydrogen) atoms. The summed E-state index contributed by atoms with van der Waals surface area (Å²) in [6, 6.07) is 3.94. The third-order valence-corrected chi connectivity index (χ3v) is 2.98. The molecule has 1 aromatic rings. The van der Waals surface area contributed by atoms with Gasteiger partial charge in [0.2, 0.25) is 0 Å². The summed E-state index contributed by atoms with van der Waals surface area (Å²) in [6.07, 6.45) is 0.243. The number of benzene rings is 1. The van der Waals surface area contributed by atoms with Crippen molar-refractivity contribution in [1.82, 2.24) is 0 Å². The van der Waals surface area contributed by atoms with E-state index in [9.17, 15) is 4.39 Å². The Labute approximate surface area is 96.7 Å². The maximum absolute atomic E-state index is 13.2. The fourth-order valence-corrected chi connectivity index (χ4v) is 2.37. The van der Waals surface area contributed by atoms with Gasteiger partial charge < -0.3 is 10.5 Å². The second-order valence-electron chi connectivity index (χ2n) is 3.69. The topological polar surface area (TPSA) is 35.2 Å². The van der Waals surface area contributed by atoms with Gasteiger partial charge >= 0.3 is 0 Å². The molecule has 2 N–H and O–H groups in total. The highest BCUT2D eigenvalue weighted by Crippen LogP contribution is 2.33. The summed E-state index contributed by atoms with van der Waals surface area (Å²) in [5.74, 6) is 0.856. The molecule has 1 heterocycles. The van der Waals surface area contributed by atoms with Crippen LogP contribution in [0.3, 0.4) is 0 Å². The van der Waals surface area contributed by atoms with Crippen molar-refractivity contribution in [2.24, 2.45) is 5.73 Å². The number of fused-ring (bicyclic) bond motifs is 1. The van der Waals surface area contributed by atoms with Crippen molar-refractivity contribution in [2.75, 3.05) is 13.2 Å². The van der Waals surface area contributed by atoms with Crippen LogP contribution in [0.4, 0.5) is 4.39 Å². The van der Waals surface area contributed by atoms with E-state index in [0.717, 1.165) is 27.8 Å². The molecule has 2 nitrogen and oxygen atoms in total. The second kappa shape index (κ2) is 4.49. The van der Waals surface area contributed by atoms with E-state index in [-0.39, 0.29) is 6.54 Å². The number of alkyl halides is 1. The van der Waals surface area contributed by atoms with E-state index in [1.807, 2.05) is 12.1 Å². The molecule has 1 aliphatic rings. The first-order valence-corrected chi connectivity index (χ1v) is 5.78. The van der Waals surface area contributed by atoms with E-state index >= 15 is 0 Å².